The van der Waals surface area contributed by atoms with Crippen molar-refractivity contribution in [3.63, 3.8) is 0 Å². The van der Waals surface area contributed by atoms with Crippen molar-refractivity contribution in [3.05, 3.63) is 59.7 Å². The zero-order valence-corrected chi connectivity index (χ0v) is 16.7. The van der Waals surface area contributed by atoms with Crippen LogP contribution in [0.1, 0.15) is 22.8 Å². The van der Waals surface area contributed by atoms with Gasteiger partial charge in [0.05, 0.1) is 17.9 Å². The highest BCUT2D eigenvalue weighted by atomic mass is 19.4. The van der Waals surface area contributed by atoms with Gasteiger partial charge in [0.2, 0.25) is 5.91 Å². The molecule has 0 atom stereocenters. The van der Waals surface area contributed by atoms with Crippen molar-refractivity contribution < 1.29 is 32.2 Å². The minimum Gasteiger partial charge on any atom is -0.491 e. The Morgan fingerprint density at radius 2 is 1.80 bits per heavy atom. The Kier molecular flexibility index (Phi) is 8.23. The highest BCUT2D eigenvalue weighted by Crippen LogP contribution is 2.34. The third-order valence-electron chi connectivity index (χ3n) is 4.15. The number of likely N-dealkylation sites (N-methyl/N-ethyl adjacent to an activating group) is 1. The molecule has 6 nitrogen and oxygen atoms in total. The van der Waals surface area contributed by atoms with Gasteiger partial charge in [-0.05, 0) is 37.3 Å². The number of halogens is 3. The molecule has 9 heteroatoms. The molecular weight excluding hydrogens is 401 g/mol. The van der Waals surface area contributed by atoms with Crippen molar-refractivity contribution in [3.8, 4) is 5.75 Å². The minimum absolute atomic E-state index is 0.196. The molecule has 0 aromatic heterocycles. The van der Waals surface area contributed by atoms with Crippen molar-refractivity contribution in [1.29, 1.82) is 0 Å². The van der Waals surface area contributed by atoms with Gasteiger partial charge in [0.15, 0.2) is 0 Å². The number of para-hydroxylation sites is 1. The number of benzene rings is 2. The number of hydrogen-bond acceptors (Lipinski definition) is 4. The van der Waals surface area contributed by atoms with Gasteiger partial charge in [-0.1, -0.05) is 18.2 Å². The van der Waals surface area contributed by atoms with E-state index >= 15 is 0 Å². The molecule has 0 heterocycles. The summed E-state index contributed by atoms with van der Waals surface area (Å²) in [5.41, 5.74) is -1.00. The topological polar surface area (TPSA) is 67.9 Å². The number of amides is 2. The van der Waals surface area contributed by atoms with E-state index in [4.69, 9.17) is 9.47 Å². The largest absolute Gasteiger partial charge is 0.491 e. The van der Waals surface area contributed by atoms with Crippen molar-refractivity contribution in [2.75, 3.05) is 38.7 Å². The second-order valence-electron chi connectivity index (χ2n) is 6.28. The van der Waals surface area contributed by atoms with E-state index in [0.717, 1.165) is 6.07 Å². The fourth-order valence-electron chi connectivity index (χ4n) is 2.67. The van der Waals surface area contributed by atoms with E-state index in [9.17, 15) is 22.8 Å². The molecule has 30 heavy (non-hydrogen) atoms. The summed E-state index contributed by atoms with van der Waals surface area (Å²) in [7, 11) is 1.54. The standard InChI is InChI=1S/C21H23F3N2O4/c1-3-26(20(28)15-7-6-8-16(13-15)30-12-11-29-2)14-19(27)25-18-10-5-4-9-17(18)21(22,23)24/h4-10,13H,3,11-12,14H2,1-2H3,(H,25,27). The molecule has 2 rings (SSSR count). The van der Waals surface area contributed by atoms with Crippen molar-refractivity contribution >= 4 is 17.5 Å². The maximum Gasteiger partial charge on any atom is 0.418 e. The maximum absolute atomic E-state index is 13.1. The average molecular weight is 424 g/mol. The highest BCUT2D eigenvalue weighted by Gasteiger charge is 2.33. The first-order valence-corrected chi connectivity index (χ1v) is 9.23. The second kappa shape index (κ2) is 10.6. The fraction of sp³-hybridized carbons (Fsp3) is 0.333. The van der Waals surface area contributed by atoms with Crippen molar-refractivity contribution in [2.45, 2.75) is 13.1 Å². The molecule has 1 N–H and O–H groups in total. The van der Waals surface area contributed by atoms with Gasteiger partial charge in [0, 0.05) is 19.2 Å². The van der Waals surface area contributed by atoms with Crippen LogP contribution in [0.5, 0.6) is 5.75 Å². The van der Waals surface area contributed by atoms with E-state index in [1.54, 1.807) is 32.2 Å². The number of methoxy groups -OCH3 is 1. The van der Waals surface area contributed by atoms with Gasteiger partial charge in [-0.2, -0.15) is 13.2 Å². The fourth-order valence-corrected chi connectivity index (χ4v) is 2.67. The molecule has 0 saturated carbocycles. The smallest absolute Gasteiger partial charge is 0.418 e. The molecule has 0 aliphatic heterocycles. The summed E-state index contributed by atoms with van der Waals surface area (Å²) in [5.74, 6) is -0.694. The third kappa shape index (κ3) is 6.48. The monoisotopic (exact) mass is 424 g/mol. The third-order valence-corrected chi connectivity index (χ3v) is 4.15. The lowest BCUT2D eigenvalue weighted by atomic mass is 10.1. The number of alkyl halides is 3. The predicted molar refractivity (Wildman–Crippen MR) is 105 cm³/mol. The van der Waals surface area contributed by atoms with Crippen molar-refractivity contribution in [1.82, 2.24) is 4.90 Å². The Morgan fingerprint density at radius 3 is 2.47 bits per heavy atom. The first-order chi connectivity index (χ1) is 14.3. The zero-order valence-electron chi connectivity index (χ0n) is 16.7. The summed E-state index contributed by atoms with van der Waals surface area (Å²) in [6, 6.07) is 11.1. The van der Waals surface area contributed by atoms with Crippen LogP contribution in [0.2, 0.25) is 0 Å². The Morgan fingerprint density at radius 1 is 1.07 bits per heavy atom. The molecule has 0 saturated heterocycles. The van der Waals surface area contributed by atoms with Crippen LogP contribution in [0, 0.1) is 0 Å². The first-order valence-electron chi connectivity index (χ1n) is 9.23. The number of nitrogens with one attached hydrogen (secondary N) is 1. The molecule has 2 aromatic carbocycles. The molecule has 0 bridgehead atoms. The molecule has 162 valence electrons. The van der Waals surface area contributed by atoms with Gasteiger partial charge in [-0.3, -0.25) is 9.59 Å². The number of nitrogens with zero attached hydrogens (tertiary/aromatic N) is 1. The first kappa shape index (κ1) is 23.2. The van der Waals surface area contributed by atoms with Crippen LogP contribution in [0.3, 0.4) is 0 Å². The van der Waals surface area contributed by atoms with E-state index < -0.39 is 30.1 Å². The van der Waals surface area contributed by atoms with Crippen LogP contribution in [-0.2, 0) is 15.7 Å². The van der Waals surface area contributed by atoms with Crippen LogP contribution in [0.25, 0.3) is 0 Å². The molecular formula is C21H23F3N2O4. The Labute approximate surface area is 172 Å². The molecule has 0 radical (unpaired) electrons. The van der Waals surface area contributed by atoms with Gasteiger partial charge in [0.25, 0.3) is 5.91 Å². The zero-order chi connectivity index (χ0) is 22.1. The molecule has 0 aliphatic rings. The molecule has 2 amide bonds. The normalized spacial score (nSPS) is 11.1. The molecule has 0 unspecified atom stereocenters. The van der Waals surface area contributed by atoms with E-state index in [1.807, 2.05) is 0 Å². The van der Waals surface area contributed by atoms with Crippen LogP contribution in [-0.4, -0.2) is 50.1 Å². The van der Waals surface area contributed by atoms with Gasteiger partial charge in [0.1, 0.15) is 18.9 Å². The lowest BCUT2D eigenvalue weighted by Crippen LogP contribution is -2.38. The summed E-state index contributed by atoms with van der Waals surface area (Å²) in [6.07, 6.45) is -4.60. The highest BCUT2D eigenvalue weighted by molar-refractivity contribution is 5.99. The number of carbonyl (C=O) groups is 2. The number of ether oxygens (including phenoxy) is 2. The SMILES string of the molecule is CCN(CC(=O)Nc1ccccc1C(F)(F)F)C(=O)c1cccc(OCCOC)c1. The Balaban J connectivity index is 2.07. The predicted octanol–water partition coefficient (Wildman–Crippen LogP) is 3.83. The molecule has 0 aliphatic carbocycles. The van der Waals surface area contributed by atoms with Crippen LogP contribution in [0.4, 0.5) is 18.9 Å². The Bertz CT molecular complexity index is 871. The van der Waals surface area contributed by atoms with Gasteiger partial charge in [-0.15, -0.1) is 0 Å². The quantitative estimate of drug-likeness (QED) is 0.622. The lowest BCUT2D eigenvalue weighted by molar-refractivity contribution is -0.137. The summed E-state index contributed by atoms with van der Waals surface area (Å²) in [4.78, 5) is 26.3. The molecule has 2 aromatic rings. The summed E-state index contributed by atoms with van der Waals surface area (Å²) in [6.45, 7) is 2.18. The lowest BCUT2D eigenvalue weighted by Gasteiger charge is -2.21. The van der Waals surface area contributed by atoms with Gasteiger partial charge in [-0.25, -0.2) is 0 Å². The van der Waals surface area contributed by atoms with Crippen LogP contribution in [0.15, 0.2) is 48.5 Å². The van der Waals surface area contributed by atoms with E-state index in [-0.39, 0.29) is 12.2 Å². The summed E-state index contributed by atoms with van der Waals surface area (Å²) < 4.78 is 49.6. The van der Waals surface area contributed by atoms with Crippen LogP contribution >= 0.6 is 0 Å². The van der Waals surface area contributed by atoms with Crippen LogP contribution < -0.4 is 10.1 Å². The van der Waals surface area contributed by atoms with E-state index in [2.05, 4.69) is 5.32 Å². The number of rotatable bonds is 9. The van der Waals surface area contributed by atoms with Gasteiger partial charge < -0.3 is 19.7 Å². The average Bonchev–Trinajstić information content (AvgIpc) is 2.71. The van der Waals surface area contributed by atoms with E-state index in [0.29, 0.717) is 24.5 Å². The van der Waals surface area contributed by atoms with E-state index in [1.165, 1.54) is 29.2 Å². The summed E-state index contributed by atoms with van der Waals surface area (Å²) in [5, 5.41) is 2.24. The second-order valence-corrected chi connectivity index (χ2v) is 6.28. The van der Waals surface area contributed by atoms with Crippen molar-refractivity contribution in [2.24, 2.45) is 0 Å². The number of hydrogen-bond donors (Lipinski definition) is 1. The maximum atomic E-state index is 13.1. The summed E-state index contributed by atoms with van der Waals surface area (Å²) >= 11 is 0. The number of carbonyl (C=O) groups excluding carboxylic acids is 2. The Hall–Kier alpha value is -3.07. The van der Waals surface area contributed by atoms with Gasteiger partial charge >= 0.3 is 6.18 Å². The minimum atomic E-state index is -4.60. The molecule has 0 spiro atoms. The number of anilines is 1. The molecule has 0 fully saturated rings.